The Kier molecular flexibility index (Phi) is 3.98. The van der Waals surface area contributed by atoms with E-state index >= 15 is 0 Å². The van der Waals surface area contributed by atoms with Gasteiger partial charge in [-0.2, -0.15) is 10.5 Å². The highest BCUT2D eigenvalue weighted by atomic mass is 32.2. The average molecular weight is 280 g/mol. The second-order valence-electron chi connectivity index (χ2n) is 4.45. The highest BCUT2D eigenvalue weighted by Crippen LogP contribution is 2.24. The second kappa shape index (κ2) is 5.69. The van der Waals surface area contributed by atoms with Crippen LogP contribution in [0.25, 0.3) is 0 Å². The largest absolute Gasteiger partial charge is 0.249 e. The van der Waals surface area contributed by atoms with Crippen LogP contribution in [0.2, 0.25) is 0 Å². The molecule has 3 nitrogen and oxygen atoms in total. The summed E-state index contributed by atoms with van der Waals surface area (Å²) in [5.74, 6) is 0. The zero-order chi connectivity index (χ0) is 14.7. The normalized spacial score (nSPS) is 10.1. The Bertz CT molecular complexity index is 717. The predicted octanol–water partition coefficient (Wildman–Crippen LogP) is 3.21. The molecule has 0 spiro atoms. The van der Waals surface area contributed by atoms with Crippen molar-refractivity contribution in [3.63, 3.8) is 0 Å². The van der Waals surface area contributed by atoms with Crippen molar-refractivity contribution in [2.24, 2.45) is 0 Å². The van der Waals surface area contributed by atoms with Crippen molar-refractivity contribution in [3.05, 3.63) is 58.7 Å². The van der Waals surface area contributed by atoms with E-state index in [-0.39, 0.29) is 0 Å². The molecule has 4 heteroatoms. The number of hydrogen-bond acceptors (Lipinski definition) is 3. The fraction of sp³-hybridized carbons (Fsp3) is 0.125. The summed E-state index contributed by atoms with van der Waals surface area (Å²) in [6.07, 6.45) is 0. The van der Waals surface area contributed by atoms with Gasteiger partial charge in [-0.1, -0.05) is 0 Å². The van der Waals surface area contributed by atoms with Gasteiger partial charge >= 0.3 is 0 Å². The zero-order valence-corrected chi connectivity index (χ0v) is 12.0. The molecular weight excluding hydrogens is 268 g/mol. The minimum atomic E-state index is -1.31. The quantitative estimate of drug-likeness (QED) is 0.848. The van der Waals surface area contributed by atoms with Crippen molar-refractivity contribution in [1.29, 1.82) is 10.5 Å². The number of benzene rings is 2. The summed E-state index contributed by atoms with van der Waals surface area (Å²) in [4.78, 5) is 1.38. The fourth-order valence-corrected chi connectivity index (χ4v) is 3.30. The highest BCUT2D eigenvalue weighted by Gasteiger charge is 2.13. The lowest BCUT2D eigenvalue weighted by Gasteiger charge is -2.09. The molecule has 2 rings (SSSR count). The molecule has 0 aliphatic carbocycles. The molecule has 0 unspecified atom stereocenters. The van der Waals surface area contributed by atoms with Gasteiger partial charge in [0.2, 0.25) is 0 Å². The summed E-state index contributed by atoms with van der Waals surface area (Å²) in [5, 5.41) is 17.7. The van der Waals surface area contributed by atoms with Crippen LogP contribution >= 0.6 is 0 Å². The zero-order valence-electron chi connectivity index (χ0n) is 11.2. The Labute approximate surface area is 120 Å². The van der Waals surface area contributed by atoms with Gasteiger partial charge in [0.1, 0.15) is 0 Å². The SMILES string of the molecule is Cc1cc(C#N)ccc1S(=O)c1ccc(C#N)cc1C. The number of hydrogen-bond donors (Lipinski definition) is 0. The lowest BCUT2D eigenvalue weighted by atomic mass is 10.1. The van der Waals surface area contributed by atoms with Gasteiger partial charge in [-0.25, -0.2) is 4.21 Å². The third-order valence-electron chi connectivity index (χ3n) is 3.01. The lowest BCUT2D eigenvalue weighted by Crippen LogP contribution is -1.99. The van der Waals surface area contributed by atoms with E-state index in [0.29, 0.717) is 20.9 Å². The molecule has 0 heterocycles. The van der Waals surface area contributed by atoms with Crippen LogP contribution < -0.4 is 0 Å². The first-order valence-electron chi connectivity index (χ1n) is 6.00. The van der Waals surface area contributed by atoms with Crippen molar-refractivity contribution >= 4 is 10.8 Å². The summed E-state index contributed by atoms with van der Waals surface area (Å²) >= 11 is 0. The lowest BCUT2D eigenvalue weighted by molar-refractivity contribution is 0.682. The number of nitriles is 2. The first-order chi connectivity index (χ1) is 9.56. The van der Waals surface area contributed by atoms with E-state index in [4.69, 9.17) is 10.5 Å². The van der Waals surface area contributed by atoms with Crippen LogP contribution in [0.4, 0.5) is 0 Å². The van der Waals surface area contributed by atoms with E-state index in [9.17, 15) is 4.21 Å². The van der Waals surface area contributed by atoms with Crippen molar-refractivity contribution in [2.45, 2.75) is 23.6 Å². The van der Waals surface area contributed by atoms with Gasteiger partial charge in [-0.3, -0.25) is 0 Å². The van der Waals surface area contributed by atoms with E-state index in [1.807, 2.05) is 13.8 Å². The molecule has 2 aromatic carbocycles. The molecule has 0 amide bonds. The van der Waals surface area contributed by atoms with Gasteiger partial charge in [0.25, 0.3) is 0 Å². The first kappa shape index (κ1) is 14.0. The Morgan fingerprint density at radius 1 is 0.850 bits per heavy atom. The summed E-state index contributed by atoms with van der Waals surface area (Å²) in [6, 6.07) is 14.4. The number of aryl methyl sites for hydroxylation is 2. The van der Waals surface area contributed by atoms with Crippen LogP contribution in [0.15, 0.2) is 46.2 Å². The number of nitrogens with zero attached hydrogens (tertiary/aromatic N) is 2. The molecular formula is C16H12N2OS. The standard InChI is InChI=1S/C16H12N2OS/c1-11-7-13(9-17)3-5-15(11)20(19)16-6-4-14(10-18)8-12(16)2/h3-8H,1-2H3. The molecule has 0 aliphatic heterocycles. The molecule has 0 aliphatic rings. The van der Waals surface area contributed by atoms with Gasteiger partial charge < -0.3 is 0 Å². The Morgan fingerprint density at radius 3 is 1.55 bits per heavy atom. The van der Waals surface area contributed by atoms with Crippen molar-refractivity contribution < 1.29 is 4.21 Å². The van der Waals surface area contributed by atoms with E-state index in [1.54, 1.807) is 36.4 Å². The van der Waals surface area contributed by atoms with Gasteiger partial charge in [0.05, 0.1) is 34.1 Å². The van der Waals surface area contributed by atoms with Crippen LogP contribution in [0.1, 0.15) is 22.3 Å². The van der Waals surface area contributed by atoms with Crippen LogP contribution in [0.3, 0.4) is 0 Å². The topological polar surface area (TPSA) is 64.7 Å². The van der Waals surface area contributed by atoms with Crippen LogP contribution in [0, 0.1) is 36.5 Å². The minimum absolute atomic E-state index is 0.555. The maximum atomic E-state index is 12.6. The summed E-state index contributed by atoms with van der Waals surface area (Å²) < 4.78 is 12.6. The Balaban J connectivity index is 2.47. The van der Waals surface area contributed by atoms with Gasteiger partial charge in [-0.05, 0) is 61.4 Å². The molecule has 0 saturated carbocycles. The maximum absolute atomic E-state index is 12.6. The molecule has 98 valence electrons. The molecule has 0 saturated heterocycles. The smallest absolute Gasteiger partial charge is 0.0991 e. The number of rotatable bonds is 2. The molecule has 0 fully saturated rings. The fourth-order valence-electron chi connectivity index (χ4n) is 1.97. The third kappa shape index (κ3) is 2.61. The van der Waals surface area contributed by atoms with Crippen molar-refractivity contribution in [2.75, 3.05) is 0 Å². The average Bonchev–Trinajstić information content (AvgIpc) is 2.46. The Morgan fingerprint density at radius 2 is 1.25 bits per heavy atom. The highest BCUT2D eigenvalue weighted by molar-refractivity contribution is 7.85. The summed E-state index contributed by atoms with van der Waals surface area (Å²) in [6.45, 7) is 3.68. The van der Waals surface area contributed by atoms with E-state index in [2.05, 4.69) is 12.1 Å². The van der Waals surface area contributed by atoms with Crippen LogP contribution in [0.5, 0.6) is 0 Å². The van der Waals surface area contributed by atoms with Crippen molar-refractivity contribution in [1.82, 2.24) is 0 Å². The molecule has 2 aromatic rings. The molecule has 0 aromatic heterocycles. The molecule has 0 bridgehead atoms. The third-order valence-corrected chi connectivity index (χ3v) is 4.72. The first-order valence-corrected chi connectivity index (χ1v) is 7.15. The molecule has 0 N–H and O–H groups in total. The monoisotopic (exact) mass is 280 g/mol. The second-order valence-corrected chi connectivity index (χ2v) is 5.87. The maximum Gasteiger partial charge on any atom is 0.0991 e. The van der Waals surface area contributed by atoms with Crippen LogP contribution in [-0.4, -0.2) is 4.21 Å². The van der Waals surface area contributed by atoms with E-state index < -0.39 is 10.8 Å². The van der Waals surface area contributed by atoms with E-state index in [1.165, 1.54) is 0 Å². The van der Waals surface area contributed by atoms with E-state index in [0.717, 1.165) is 11.1 Å². The van der Waals surface area contributed by atoms with Gasteiger partial charge in [-0.15, -0.1) is 0 Å². The summed E-state index contributed by atoms with van der Waals surface area (Å²) in [7, 11) is -1.31. The minimum Gasteiger partial charge on any atom is -0.249 e. The van der Waals surface area contributed by atoms with Crippen LogP contribution in [-0.2, 0) is 10.8 Å². The predicted molar refractivity (Wildman–Crippen MR) is 76.5 cm³/mol. The van der Waals surface area contributed by atoms with Gasteiger partial charge in [0.15, 0.2) is 0 Å². The molecule has 0 radical (unpaired) electrons. The Hall–Kier alpha value is -2.43. The molecule has 20 heavy (non-hydrogen) atoms. The van der Waals surface area contributed by atoms with Crippen molar-refractivity contribution in [3.8, 4) is 12.1 Å². The molecule has 0 atom stereocenters. The summed E-state index contributed by atoms with van der Waals surface area (Å²) in [5.41, 5.74) is 2.76. The van der Waals surface area contributed by atoms with Gasteiger partial charge in [0, 0.05) is 9.79 Å².